The van der Waals surface area contributed by atoms with Gasteiger partial charge in [0.2, 0.25) is 0 Å². The highest BCUT2D eigenvalue weighted by Crippen LogP contribution is 2.26. The lowest BCUT2D eigenvalue weighted by atomic mass is 10.2. The van der Waals surface area contributed by atoms with Gasteiger partial charge in [-0.15, -0.1) is 0 Å². The van der Waals surface area contributed by atoms with Gasteiger partial charge in [0.1, 0.15) is 0 Å². The van der Waals surface area contributed by atoms with E-state index in [0.29, 0.717) is 0 Å². The Bertz CT molecular complexity index is 314. The fourth-order valence-electron chi connectivity index (χ4n) is 1.62. The van der Waals surface area contributed by atoms with Crippen LogP contribution >= 0.6 is 11.6 Å². The second kappa shape index (κ2) is 5.99. The van der Waals surface area contributed by atoms with Crippen molar-refractivity contribution < 1.29 is 5.11 Å². The van der Waals surface area contributed by atoms with E-state index in [9.17, 15) is 0 Å². The van der Waals surface area contributed by atoms with Gasteiger partial charge < -0.3 is 10.0 Å². The lowest BCUT2D eigenvalue weighted by Crippen LogP contribution is -2.23. The van der Waals surface area contributed by atoms with Gasteiger partial charge in [0.25, 0.3) is 0 Å². The number of halogens is 1. The molecule has 0 spiro atoms. The fourth-order valence-corrected chi connectivity index (χ4v) is 1.95. The molecule has 1 N–H and O–H groups in total. The molecular formula is C12H18ClNO. The molecule has 0 aliphatic heterocycles. The Labute approximate surface area is 96.5 Å². The zero-order valence-electron chi connectivity index (χ0n) is 9.33. The molecule has 1 rings (SSSR count). The molecule has 0 radical (unpaired) electrons. The van der Waals surface area contributed by atoms with Crippen LogP contribution in [-0.4, -0.2) is 18.2 Å². The Hall–Kier alpha value is -0.730. The molecule has 0 aromatic heterocycles. The van der Waals surface area contributed by atoms with Crippen molar-refractivity contribution in [3.8, 4) is 0 Å². The van der Waals surface area contributed by atoms with Crippen LogP contribution in [0.2, 0.25) is 5.02 Å². The van der Waals surface area contributed by atoms with Crippen LogP contribution in [0.3, 0.4) is 0 Å². The maximum absolute atomic E-state index is 8.98. The molecule has 0 saturated heterocycles. The number of aliphatic hydroxyl groups excluding tert-OH is 1. The first-order valence-electron chi connectivity index (χ1n) is 5.37. The van der Waals surface area contributed by atoms with Crippen LogP contribution in [0.25, 0.3) is 0 Å². The molecule has 0 fully saturated rings. The Kier molecular flexibility index (Phi) is 4.92. The summed E-state index contributed by atoms with van der Waals surface area (Å²) in [7, 11) is 0. The van der Waals surface area contributed by atoms with Crippen LogP contribution < -0.4 is 4.90 Å². The summed E-state index contributed by atoms with van der Waals surface area (Å²) in [6, 6.07) is 5.72. The molecule has 84 valence electrons. The van der Waals surface area contributed by atoms with E-state index >= 15 is 0 Å². The first-order chi connectivity index (χ1) is 7.22. The van der Waals surface area contributed by atoms with Crippen LogP contribution in [0.15, 0.2) is 18.2 Å². The average molecular weight is 228 g/mol. The molecule has 0 bridgehead atoms. The summed E-state index contributed by atoms with van der Waals surface area (Å²) in [5.74, 6) is 0. The van der Waals surface area contributed by atoms with E-state index in [-0.39, 0.29) is 6.61 Å². The van der Waals surface area contributed by atoms with Gasteiger partial charge >= 0.3 is 0 Å². The standard InChI is InChI=1S/C12H18ClNO/c1-3-7-14(4-2)12-6-5-10(9-15)8-11(12)13/h5-6,8,15H,3-4,7,9H2,1-2H3. The smallest absolute Gasteiger partial charge is 0.0682 e. The Morgan fingerprint density at radius 3 is 2.53 bits per heavy atom. The van der Waals surface area contributed by atoms with Gasteiger partial charge in [0, 0.05) is 13.1 Å². The molecule has 2 nitrogen and oxygen atoms in total. The van der Waals surface area contributed by atoms with Crippen LogP contribution in [0.5, 0.6) is 0 Å². The van der Waals surface area contributed by atoms with Crippen molar-refractivity contribution in [1.29, 1.82) is 0 Å². The Balaban J connectivity index is 2.92. The molecule has 15 heavy (non-hydrogen) atoms. The van der Waals surface area contributed by atoms with Crippen LogP contribution in [0.1, 0.15) is 25.8 Å². The number of benzene rings is 1. The lowest BCUT2D eigenvalue weighted by molar-refractivity contribution is 0.282. The monoisotopic (exact) mass is 227 g/mol. The second-order valence-electron chi connectivity index (χ2n) is 3.52. The minimum Gasteiger partial charge on any atom is -0.392 e. The summed E-state index contributed by atoms with van der Waals surface area (Å²) >= 11 is 6.16. The predicted molar refractivity (Wildman–Crippen MR) is 65.6 cm³/mol. The highest BCUT2D eigenvalue weighted by molar-refractivity contribution is 6.33. The number of rotatable bonds is 5. The molecule has 1 aromatic carbocycles. The topological polar surface area (TPSA) is 23.5 Å². The fraction of sp³-hybridized carbons (Fsp3) is 0.500. The van der Waals surface area contributed by atoms with Crippen molar-refractivity contribution in [2.75, 3.05) is 18.0 Å². The minimum absolute atomic E-state index is 0.0416. The zero-order chi connectivity index (χ0) is 11.3. The summed E-state index contributed by atoms with van der Waals surface area (Å²) in [5.41, 5.74) is 1.91. The normalized spacial score (nSPS) is 10.4. The molecule has 0 unspecified atom stereocenters. The van der Waals surface area contributed by atoms with E-state index in [1.54, 1.807) is 0 Å². The molecule has 0 aliphatic carbocycles. The van der Waals surface area contributed by atoms with Crippen molar-refractivity contribution >= 4 is 17.3 Å². The van der Waals surface area contributed by atoms with Gasteiger partial charge in [0.15, 0.2) is 0 Å². The van der Waals surface area contributed by atoms with Gasteiger partial charge in [-0.05, 0) is 31.0 Å². The van der Waals surface area contributed by atoms with E-state index in [4.69, 9.17) is 16.7 Å². The third kappa shape index (κ3) is 3.11. The Morgan fingerprint density at radius 2 is 2.07 bits per heavy atom. The van der Waals surface area contributed by atoms with Gasteiger partial charge in [-0.1, -0.05) is 24.6 Å². The molecule has 1 aromatic rings. The highest BCUT2D eigenvalue weighted by Gasteiger charge is 2.07. The van der Waals surface area contributed by atoms with Gasteiger partial charge in [-0.25, -0.2) is 0 Å². The molecule has 3 heteroatoms. The minimum atomic E-state index is 0.0416. The SMILES string of the molecule is CCCN(CC)c1ccc(CO)cc1Cl. The van der Waals surface area contributed by atoms with Crippen LogP contribution in [0.4, 0.5) is 5.69 Å². The molecule has 0 heterocycles. The number of aliphatic hydroxyl groups is 1. The maximum atomic E-state index is 8.98. The first kappa shape index (κ1) is 12.3. The largest absolute Gasteiger partial charge is 0.392 e. The van der Waals surface area contributed by atoms with Crippen molar-refractivity contribution in [3.63, 3.8) is 0 Å². The van der Waals surface area contributed by atoms with Crippen molar-refractivity contribution in [3.05, 3.63) is 28.8 Å². The van der Waals surface area contributed by atoms with Crippen molar-refractivity contribution in [2.45, 2.75) is 26.9 Å². The summed E-state index contributed by atoms with van der Waals surface area (Å²) in [4.78, 5) is 2.24. The highest BCUT2D eigenvalue weighted by atomic mass is 35.5. The number of anilines is 1. The zero-order valence-corrected chi connectivity index (χ0v) is 10.1. The van der Waals surface area contributed by atoms with E-state index in [2.05, 4.69) is 18.7 Å². The first-order valence-corrected chi connectivity index (χ1v) is 5.75. The van der Waals surface area contributed by atoms with Crippen LogP contribution in [0, 0.1) is 0 Å². The Morgan fingerprint density at radius 1 is 1.33 bits per heavy atom. The summed E-state index contributed by atoms with van der Waals surface area (Å²) in [5, 5.41) is 9.70. The quantitative estimate of drug-likeness (QED) is 0.836. The molecular weight excluding hydrogens is 210 g/mol. The second-order valence-corrected chi connectivity index (χ2v) is 3.93. The lowest BCUT2D eigenvalue weighted by Gasteiger charge is -2.23. The number of hydrogen-bond donors (Lipinski definition) is 1. The average Bonchev–Trinajstić information content (AvgIpc) is 2.26. The third-order valence-electron chi connectivity index (χ3n) is 2.41. The van der Waals surface area contributed by atoms with Crippen LogP contribution in [-0.2, 0) is 6.61 Å². The molecule has 0 atom stereocenters. The van der Waals surface area contributed by atoms with Gasteiger partial charge in [-0.3, -0.25) is 0 Å². The van der Waals surface area contributed by atoms with Crippen molar-refractivity contribution in [1.82, 2.24) is 0 Å². The summed E-state index contributed by atoms with van der Waals surface area (Å²) in [6.45, 7) is 6.27. The van der Waals surface area contributed by atoms with E-state index in [1.807, 2.05) is 18.2 Å². The predicted octanol–water partition coefficient (Wildman–Crippen LogP) is 3.07. The molecule has 0 amide bonds. The van der Waals surface area contributed by atoms with Gasteiger partial charge in [0.05, 0.1) is 17.3 Å². The number of nitrogens with zero attached hydrogens (tertiary/aromatic N) is 1. The molecule has 0 saturated carbocycles. The third-order valence-corrected chi connectivity index (χ3v) is 2.71. The maximum Gasteiger partial charge on any atom is 0.0682 e. The van der Waals surface area contributed by atoms with Gasteiger partial charge in [-0.2, -0.15) is 0 Å². The summed E-state index contributed by atoms with van der Waals surface area (Å²) in [6.07, 6.45) is 1.10. The van der Waals surface area contributed by atoms with Crippen molar-refractivity contribution in [2.24, 2.45) is 0 Å². The van der Waals surface area contributed by atoms with E-state index in [0.717, 1.165) is 35.8 Å². The number of hydrogen-bond acceptors (Lipinski definition) is 2. The van der Waals surface area contributed by atoms with E-state index < -0.39 is 0 Å². The van der Waals surface area contributed by atoms with E-state index in [1.165, 1.54) is 0 Å². The molecule has 0 aliphatic rings. The summed E-state index contributed by atoms with van der Waals surface area (Å²) < 4.78 is 0.